The maximum Gasteiger partial charge on any atom is 0.336 e. The fourth-order valence-electron chi connectivity index (χ4n) is 6.40. The number of hydrogen-bond acceptors (Lipinski definition) is 5. The molecule has 0 radical (unpaired) electrons. The molecule has 5 rings (SSSR count). The van der Waals surface area contributed by atoms with Gasteiger partial charge in [0.05, 0.1) is 5.41 Å². The van der Waals surface area contributed by atoms with Crippen LogP contribution in [0.1, 0.15) is 44.2 Å². The second-order valence-corrected chi connectivity index (χ2v) is 8.91. The number of rotatable bonds is 3. The zero-order valence-electron chi connectivity index (χ0n) is 17.2. The molecule has 152 valence electrons. The Hall–Kier alpha value is -2.40. The zero-order valence-corrected chi connectivity index (χ0v) is 17.2. The molecule has 0 unspecified atom stereocenters. The van der Waals surface area contributed by atoms with Crippen LogP contribution in [-0.2, 0) is 21.4 Å². The van der Waals surface area contributed by atoms with Crippen LogP contribution in [-0.4, -0.2) is 41.9 Å². The number of ketones is 1. The Balaban J connectivity index is 1.64. The van der Waals surface area contributed by atoms with E-state index in [0.717, 1.165) is 31.4 Å². The van der Waals surface area contributed by atoms with E-state index < -0.39 is 11.6 Å². The highest BCUT2D eigenvalue weighted by Gasteiger charge is 2.71. The molecule has 2 bridgehead atoms. The van der Waals surface area contributed by atoms with Crippen molar-refractivity contribution in [3.8, 4) is 11.5 Å². The second-order valence-electron chi connectivity index (χ2n) is 8.91. The summed E-state index contributed by atoms with van der Waals surface area (Å²) in [4.78, 5) is 27.9. The van der Waals surface area contributed by atoms with E-state index in [4.69, 9.17) is 9.47 Å². The predicted octanol–water partition coefficient (Wildman–Crippen LogP) is 3.35. The molecule has 0 amide bonds. The van der Waals surface area contributed by atoms with E-state index in [1.807, 2.05) is 26.0 Å². The summed E-state index contributed by atoms with van der Waals surface area (Å²) in [5.41, 5.74) is 1.17. The molecule has 1 saturated carbocycles. The molecule has 2 aliphatic heterocycles. The van der Waals surface area contributed by atoms with E-state index in [0.29, 0.717) is 29.9 Å². The molecular weight excluding hydrogens is 366 g/mol. The number of likely N-dealkylation sites (tertiary alicyclic amines) is 1. The Morgan fingerprint density at radius 3 is 2.97 bits per heavy atom. The fraction of sp³-hybridized carbons (Fsp3) is 0.500. The van der Waals surface area contributed by atoms with Crippen LogP contribution in [0, 0.1) is 5.92 Å². The Morgan fingerprint density at radius 2 is 2.17 bits per heavy atom. The lowest BCUT2D eigenvalue weighted by molar-refractivity contribution is -0.153. The second kappa shape index (κ2) is 6.30. The summed E-state index contributed by atoms with van der Waals surface area (Å²) in [5.74, 6) is 1.15. The Kier molecular flexibility index (Phi) is 4.04. The van der Waals surface area contributed by atoms with Crippen molar-refractivity contribution in [1.82, 2.24) is 4.90 Å². The van der Waals surface area contributed by atoms with Gasteiger partial charge in [-0.15, -0.1) is 0 Å². The minimum atomic E-state index is -0.879. The number of likely N-dealkylation sites (N-methyl/N-ethyl adjacent to an activating group) is 1. The van der Waals surface area contributed by atoms with Crippen molar-refractivity contribution in [2.75, 3.05) is 13.6 Å². The smallest absolute Gasteiger partial charge is 0.336 e. The highest BCUT2D eigenvalue weighted by molar-refractivity contribution is 5.93. The van der Waals surface area contributed by atoms with Crippen molar-refractivity contribution < 1.29 is 19.1 Å². The summed E-state index contributed by atoms with van der Waals surface area (Å²) in [5, 5.41) is 0. The topological polar surface area (TPSA) is 55.8 Å². The molecule has 4 atom stereocenters. The first-order valence-electron chi connectivity index (χ1n) is 10.5. The highest BCUT2D eigenvalue weighted by Crippen LogP contribution is 2.66. The molecule has 2 fully saturated rings. The number of nitrogens with zero attached hydrogens (tertiary/aromatic N) is 1. The van der Waals surface area contributed by atoms with Gasteiger partial charge in [-0.2, -0.15) is 0 Å². The van der Waals surface area contributed by atoms with Crippen LogP contribution in [0.3, 0.4) is 0 Å². The highest BCUT2D eigenvalue weighted by atomic mass is 16.6. The summed E-state index contributed by atoms with van der Waals surface area (Å²) >= 11 is 0. The summed E-state index contributed by atoms with van der Waals surface area (Å²) in [6.45, 7) is 4.80. The summed E-state index contributed by atoms with van der Waals surface area (Å²) < 4.78 is 12.1. The van der Waals surface area contributed by atoms with Crippen molar-refractivity contribution in [1.29, 1.82) is 0 Å². The van der Waals surface area contributed by atoms with Gasteiger partial charge >= 0.3 is 5.97 Å². The summed E-state index contributed by atoms with van der Waals surface area (Å²) in [7, 11) is 2.19. The van der Waals surface area contributed by atoms with Crippen molar-refractivity contribution in [2.45, 2.75) is 56.6 Å². The van der Waals surface area contributed by atoms with Crippen molar-refractivity contribution in [3.05, 3.63) is 47.6 Å². The van der Waals surface area contributed by atoms with Gasteiger partial charge in [-0.05, 0) is 64.3 Å². The van der Waals surface area contributed by atoms with E-state index >= 15 is 0 Å². The zero-order chi connectivity index (χ0) is 20.4. The van der Waals surface area contributed by atoms with Gasteiger partial charge < -0.3 is 14.4 Å². The lowest BCUT2D eigenvalue weighted by Gasteiger charge is -2.60. The maximum atomic E-state index is 13.2. The van der Waals surface area contributed by atoms with Gasteiger partial charge in [-0.1, -0.05) is 24.3 Å². The van der Waals surface area contributed by atoms with Crippen LogP contribution in [0.5, 0.6) is 11.5 Å². The van der Waals surface area contributed by atoms with Crippen LogP contribution in [0.2, 0.25) is 0 Å². The number of allylic oxidation sites excluding steroid dienone is 3. The van der Waals surface area contributed by atoms with Gasteiger partial charge in [0.1, 0.15) is 0 Å². The minimum Gasteiger partial charge on any atom is -0.475 e. The van der Waals surface area contributed by atoms with E-state index in [-0.39, 0.29) is 11.2 Å². The lowest BCUT2D eigenvalue weighted by atomic mass is 9.47. The van der Waals surface area contributed by atoms with Gasteiger partial charge in [0, 0.05) is 24.1 Å². The average Bonchev–Trinajstić information content (AvgIpc) is 2.98. The van der Waals surface area contributed by atoms with Crippen LogP contribution in [0.4, 0.5) is 0 Å². The molecule has 5 heteroatoms. The monoisotopic (exact) mass is 393 g/mol. The molecular formula is C24H27NO4. The van der Waals surface area contributed by atoms with Crippen LogP contribution < -0.4 is 9.47 Å². The van der Waals surface area contributed by atoms with E-state index in [1.165, 1.54) is 11.6 Å². The third-order valence-corrected chi connectivity index (χ3v) is 7.72. The standard InChI is InChI=1S/C24H27NO4/c1-4-5-6-7-20(27)28-18-10-8-15-14-17-16-9-11-19(26)23(2)24(16,12-13-25(17)3)21(15)22(18)29-23/h4-8,10,16-17H,9,11-14H2,1-3H3/b5-4+,7-6+/t16-,17+,23-,24-/m0/s1. The number of ether oxygens (including phenoxy) is 2. The van der Waals surface area contributed by atoms with E-state index in [9.17, 15) is 9.59 Å². The maximum absolute atomic E-state index is 13.2. The lowest BCUT2D eigenvalue weighted by Crippen LogP contribution is -2.70. The van der Waals surface area contributed by atoms with Crippen molar-refractivity contribution >= 4 is 11.8 Å². The van der Waals surface area contributed by atoms with E-state index in [1.54, 1.807) is 12.2 Å². The number of hydrogen-bond donors (Lipinski definition) is 0. The molecule has 0 aromatic heterocycles. The Labute approximate surface area is 171 Å². The third-order valence-electron chi connectivity index (χ3n) is 7.72. The van der Waals surface area contributed by atoms with Gasteiger partial charge in [-0.3, -0.25) is 4.79 Å². The summed E-state index contributed by atoms with van der Waals surface area (Å²) in [6.07, 6.45) is 9.98. The molecule has 4 aliphatic rings. The Morgan fingerprint density at radius 1 is 1.34 bits per heavy atom. The molecule has 2 heterocycles. The molecule has 29 heavy (non-hydrogen) atoms. The number of benzene rings is 1. The number of esters is 1. The molecule has 1 saturated heterocycles. The van der Waals surface area contributed by atoms with Crippen LogP contribution in [0.15, 0.2) is 36.4 Å². The van der Waals surface area contributed by atoms with E-state index in [2.05, 4.69) is 18.0 Å². The quantitative estimate of drug-likeness (QED) is 0.341. The molecule has 2 aliphatic carbocycles. The first kappa shape index (κ1) is 18.6. The van der Waals surface area contributed by atoms with Gasteiger partial charge in [-0.25, -0.2) is 4.79 Å². The summed E-state index contributed by atoms with van der Waals surface area (Å²) in [6, 6.07) is 4.32. The SMILES string of the molecule is C/C=C/C=C/C(=O)Oc1ccc2c3c1O[C@@]1(C)C(=O)CC[C@H]4[C@@H](C2)N(C)CC[C@@]341. The Bertz CT molecular complexity index is 964. The van der Waals surface area contributed by atoms with Gasteiger partial charge in [0.25, 0.3) is 0 Å². The first-order chi connectivity index (χ1) is 13.9. The minimum absolute atomic E-state index is 0.173. The van der Waals surface area contributed by atoms with Crippen molar-refractivity contribution in [3.63, 3.8) is 0 Å². The molecule has 0 N–H and O–H groups in total. The van der Waals surface area contributed by atoms with Crippen LogP contribution >= 0.6 is 0 Å². The van der Waals surface area contributed by atoms with Gasteiger partial charge in [0.15, 0.2) is 22.9 Å². The normalized spacial score (nSPS) is 35.1. The molecule has 1 aromatic carbocycles. The predicted molar refractivity (Wildman–Crippen MR) is 109 cm³/mol. The third kappa shape index (κ3) is 2.31. The number of carbonyl (C=O) groups excluding carboxylic acids is 2. The first-order valence-corrected chi connectivity index (χ1v) is 10.5. The molecule has 5 nitrogen and oxygen atoms in total. The fourth-order valence-corrected chi connectivity index (χ4v) is 6.40. The largest absolute Gasteiger partial charge is 0.475 e. The van der Waals surface area contributed by atoms with Crippen LogP contribution in [0.25, 0.3) is 0 Å². The number of carbonyl (C=O) groups is 2. The van der Waals surface area contributed by atoms with Gasteiger partial charge in [0.2, 0.25) is 0 Å². The molecule has 1 aromatic rings. The average molecular weight is 393 g/mol. The number of piperidine rings is 1. The molecule has 1 spiro atoms. The van der Waals surface area contributed by atoms with Crippen molar-refractivity contribution in [2.24, 2.45) is 5.92 Å². The number of Topliss-reactive ketones (excluding diaryl/α,β-unsaturated/α-hetero) is 1.